The second kappa shape index (κ2) is 11.3. The molecule has 0 radical (unpaired) electrons. The third kappa shape index (κ3) is 6.44. The Labute approximate surface area is 195 Å². The molecule has 7 heteroatoms. The second-order valence-corrected chi connectivity index (χ2v) is 8.26. The number of aliphatic imine (C=N–C) groups is 1. The summed E-state index contributed by atoms with van der Waals surface area (Å²) >= 11 is 0. The molecule has 2 heterocycles. The van der Waals surface area contributed by atoms with E-state index in [9.17, 15) is 4.79 Å². The first-order chi connectivity index (χ1) is 16.2. The van der Waals surface area contributed by atoms with Gasteiger partial charge in [-0.05, 0) is 41.7 Å². The van der Waals surface area contributed by atoms with Gasteiger partial charge in [-0.1, -0.05) is 48.5 Å². The van der Waals surface area contributed by atoms with Gasteiger partial charge in [0.25, 0.3) is 0 Å². The number of guanidine groups is 1. The first-order valence-corrected chi connectivity index (χ1v) is 11.6. The van der Waals surface area contributed by atoms with Crippen LogP contribution in [0.4, 0.5) is 0 Å². The number of likely N-dealkylation sites (tertiary alicyclic amines) is 1. The summed E-state index contributed by atoms with van der Waals surface area (Å²) < 4.78 is 1.93. The van der Waals surface area contributed by atoms with E-state index in [1.54, 1.807) is 6.20 Å². The van der Waals surface area contributed by atoms with Gasteiger partial charge in [-0.25, -0.2) is 4.99 Å². The number of hydrogen-bond acceptors (Lipinski definition) is 3. The Bertz CT molecular complexity index is 1060. The number of carbonyl (C=O) groups is 1. The lowest BCUT2D eigenvalue weighted by Crippen LogP contribution is -2.37. The van der Waals surface area contributed by atoms with Crippen LogP contribution in [0.1, 0.15) is 42.0 Å². The lowest BCUT2D eigenvalue weighted by Gasteiger charge is -2.16. The molecule has 0 saturated carbocycles. The van der Waals surface area contributed by atoms with Crippen LogP contribution in [0, 0.1) is 0 Å². The Kier molecular flexibility index (Phi) is 7.74. The van der Waals surface area contributed by atoms with E-state index in [-0.39, 0.29) is 5.91 Å². The fraction of sp³-hybridized carbons (Fsp3) is 0.346. The predicted octanol–water partition coefficient (Wildman–Crippen LogP) is 3.31. The van der Waals surface area contributed by atoms with Gasteiger partial charge in [-0.3, -0.25) is 9.48 Å². The van der Waals surface area contributed by atoms with Crippen molar-refractivity contribution in [2.75, 3.05) is 13.1 Å². The average Bonchev–Trinajstić information content (AvgIpc) is 3.49. The molecule has 0 unspecified atom stereocenters. The molecule has 7 nitrogen and oxygen atoms in total. The lowest BCUT2D eigenvalue weighted by atomic mass is 10.1. The summed E-state index contributed by atoms with van der Waals surface area (Å²) in [6, 6.07) is 18.7. The Morgan fingerprint density at radius 1 is 1.00 bits per heavy atom. The summed E-state index contributed by atoms with van der Waals surface area (Å²) in [7, 11) is 0. The van der Waals surface area contributed by atoms with Crippen molar-refractivity contribution in [3.8, 4) is 0 Å². The van der Waals surface area contributed by atoms with Gasteiger partial charge < -0.3 is 15.5 Å². The second-order valence-electron chi connectivity index (χ2n) is 8.26. The summed E-state index contributed by atoms with van der Waals surface area (Å²) in [4.78, 5) is 18.5. The Balaban J connectivity index is 1.35. The smallest absolute Gasteiger partial charge is 0.222 e. The maximum absolute atomic E-state index is 11.8. The van der Waals surface area contributed by atoms with E-state index >= 15 is 0 Å². The van der Waals surface area contributed by atoms with Crippen LogP contribution in [0.2, 0.25) is 0 Å². The first-order valence-electron chi connectivity index (χ1n) is 11.6. The minimum absolute atomic E-state index is 0.260. The molecule has 0 spiro atoms. The predicted molar refractivity (Wildman–Crippen MR) is 131 cm³/mol. The fourth-order valence-corrected chi connectivity index (χ4v) is 3.99. The van der Waals surface area contributed by atoms with Crippen molar-refractivity contribution in [3.05, 3.63) is 89.2 Å². The number of nitrogens with one attached hydrogen (secondary N) is 2. The summed E-state index contributed by atoms with van der Waals surface area (Å²) in [5.74, 6) is 1.05. The van der Waals surface area contributed by atoms with Crippen LogP contribution >= 0.6 is 0 Å². The van der Waals surface area contributed by atoms with Crippen LogP contribution in [0.15, 0.2) is 72.0 Å². The highest BCUT2D eigenvalue weighted by molar-refractivity contribution is 5.79. The molecule has 1 aliphatic heterocycles. The largest absolute Gasteiger partial charge is 0.357 e. The maximum Gasteiger partial charge on any atom is 0.222 e. The number of nitrogens with zero attached hydrogens (tertiary/aromatic N) is 4. The fourth-order valence-electron chi connectivity index (χ4n) is 3.99. The van der Waals surface area contributed by atoms with Gasteiger partial charge in [0.15, 0.2) is 5.96 Å². The number of rotatable bonds is 9. The maximum atomic E-state index is 11.8. The van der Waals surface area contributed by atoms with Crippen molar-refractivity contribution >= 4 is 11.9 Å². The molecule has 2 N–H and O–H groups in total. The van der Waals surface area contributed by atoms with E-state index < -0.39 is 0 Å². The van der Waals surface area contributed by atoms with Crippen LogP contribution in [0.5, 0.6) is 0 Å². The third-order valence-electron chi connectivity index (χ3n) is 5.79. The van der Waals surface area contributed by atoms with Gasteiger partial charge in [0.1, 0.15) is 0 Å². The van der Waals surface area contributed by atoms with E-state index in [0.29, 0.717) is 26.1 Å². The van der Waals surface area contributed by atoms with E-state index in [0.717, 1.165) is 43.1 Å². The van der Waals surface area contributed by atoms with E-state index in [1.165, 1.54) is 11.1 Å². The van der Waals surface area contributed by atoms with Crippen molar-refractivity contribution < 1.29 is 4.79 Å². The monoisotopic (exact) mass is 444 g/mol. The van der Waals surface area contributed by atoms with Crippen LogP contribution in [0.3, 0.4) is 0 Å². The quantitative estimate of drug-likeness (QED) is 0.392. The van der Waals surface area contributed by atoms with Crippen LogP contribution in [0.25, 0.3) is 0 Å². The normalized spacial score (nSPS) is 14.0. The SMILES string of the molecule is CCNC(=NCc1ccc(CN2CCCC2=O)cc1)NCc1ccccc1Cn1cccn1. The van der Waals surface area contributed by atoms with Gasteiger partial charge in [-0.2, -0.15) is 5.10 Å². The zero-order valence-corrected chi connectivity index (χ0v) is 19.2. The summed E-state index contributed by atoms with van der Waals surface area (Å²) in [5.41, 5.74) is 4.76. The molecule has 1 fully saturated rings. The molecule has 33 heavy (non-hydrogen) atoms. The third-order valence-corrected chi connectivity index (χ3v) is 5.79. The zero-order valence-electron chi connectivity index (χ0n) is 19.2. The van der Waals surface area contributed by atoms with Gasteiger partial charge >= 0.3 is 0 Å². The molecule has 0 aliphatic carbocycles. The number of benzene rings is 2. The van der Waals surface area contributed by atoms with Crippen molar-refractivity contribution in [2.45, 2.75) is 45.9 Å². The van der Waals surface area contributed by atoms with E-state index in [4.69, 9.17) is 4.99 Å². The topological polar surface area (TPSA) is 74.6 Å². The van der Waals surface area contributed by atoms with Gasteiger partial charge in [0.05, 0.1) is 13.1 Å². The van der Waals surface area contributed by atoms with Crippen molar-refractivity contribution in [1.29, 1.82) is 0 Å². The molecular formula is C26H32N6O. The lowest BCUT2D eigenvalue weighted by molar-refractivity contribution is -0.128. The minimum atomic E-state index is 0.260. The molecule has 1 aromatic heterocycles. The summed E-state index contributed by atoms with van der Waals surface area (Å²) in [6.45, 7) is 6.45. The first kappa shape index (κ1) is 22.6. The molecule has 3 aromatic rings. The van der Waals surface area contributed by atoms with Crippen molar-refractivity contribution in [3.63, 3.8) is 0 Å². The van der Waals surface area contributed by atoms with E-state index in [2.05, 4.69) is 71.2 Å². The van der Waals surface area contributed by atoms with Crippen molar-refractivity contribution in [1.82, 2.24) is 25.3 Å². The zero-order chi connectivity index (χ0) is 22.9. The summed E-state index contributed by atoms with van der Waals surface area (Å²) in [6.07, 6.45) is 5.43. The molecular weight excluding hydrogens is 412 g/mol. The van der Waals surface area contributed by atoms with Crippen LogP contribution in [-0.2, 0) is 31.0 Å². The number of aromatic nitrogens is 2. The molecule has 4 rings (SSSR count). The standard InChI is InChI=1S/C26H32N6O/c1-2-27-26(29-18-23-7-3-4-8-24(23)20-32-16-6-14-30-32)28-17-21-10-12-22(13-11-21)19-31-15-5-9-25(31)33/h3-4,6-8,10-14,16H,2,5,9,15,17-20H2,1H3,(H2,27,28,29). The Morgan fingerprint density at radius 2 is 1.79 bits per heavy atom. The molecule has 1 aliphatic rings. The van der Waals surface area contributed by atoms with Gasteiger partial charge in [0, 0.05) is 45.0 Å². The highest BCUT2D eigenvalue weighted by Gasteiger charge is 2.19. The summed E-state index contributed by atoms with van der Waals surface area (Å²) in [5, 5.41) is 11.1. The van der Waals surface area contributed by atoms with Crippen molar-refractivity contribution in [2.24, 2.45) is 4.99 Å². The number of amides is 1. The Morgan fingerprint density at radius 3 is 2.48 bits per heavy atom. The molecule has 0 atom stereocenters. The molecule has 1 saturated heterocycles. The molecule has 2 aromatic carbocycles. The molecule has 0 bridgehead atoms. The minimum Gasteiger partial charge on any atom is -0.357 e. The number of hydrogen-bond donors (Lipinski definition) is 2. The average molecular weight is 445 g/mol. The van der Waals surface area contributed by atoms with Gasteiger partial charge in [-0.15, -0.1) is 0 Å². The van der Waals surface area contributed by atoms with E-state index in [1.807, 2.05) is 21.8 Å². The van der Waals surface area contributed by atoms with Gasteiger partial charge in [0.2, 0.25) is 5.91 Å². The molecule has 172 valence electrons. The highest BCUT2D eigenvalue weighted by atomic mass is 16.2. The van der Waals surface area contributed by atoms with Crippen LogP contribution < -0.4 is 10.6 Å². The Hall–Kier alpha value is -3.61. The highest BCUT2D eigenvalue weighted by Crippen LogP contribution is 2.15. The number of carbonyl (C=O) groups excluding carboxylic acids is 1. The molecule has 1 amide bonds. The van der Waals surface area contributed by atoms with Crippen LogP contribution in [-0.4, -0.2) is 39.6 Å².